The molecule has 0 aliphatic rings. The summed E-state index contributed by atoms with van der Waals surface area (Å²) in [7, 11) is 0. The molecule has 0 radical (unpaired) electrons. The molecule has 1 nitrogen and oxygen atoms in total. The molecule has 0 saturated heterocycles. The SMILES string of the molecule is CCc1ccc(C#Cc2ccc3c(F)c(C#Cc4ccc(OC(F)(F)F)cc4)ccc3c2)cc1. The maximum absolute atomic E-state index is 15.0. The van der Waals surface area contributed by atoms with Gasteiger partial charge in [0.15, 0.2) is 0 Å². The molecular weight excluding hydrogens is 440 g/mol. The minimum atomic E-state index is -4.76. The molecule has 4 rings (SSSR count). The second kappa shape index (κ2) is 9.73. The Balaban J connectivity index is 1.54. The summed E-state index contributed by atoms with van der Waals surface area (Å²) in [4.78, 5) is 0. The predicted octanol–water partition coefficient (Wildman–Crippen LogP) is 7.24. The second-order valence-corrected chi connectivity index (χ2v) is 7.49. The Bertz CT molecular complexity index is 1440. The molecule has 0 aromatic heterocycles. The van der Waals surface area contributed by atoms with Crippen molar-refractivity contribution in [1.29, 1.82) is 0 Å². The number of benzene rings is 4. The second-order valence-electron chi connectivity index (χ2n) is 7.49. The van der Waals surface area contributed by atoms with Gasteiger partial charge in [-0.2, -0.15) is 0 Å². The van der Waals surface area contributed by atoms with Crippen LogP contribution in [-0.2, 0) is 6.42 Å². The number of rotatable bonds is 2. The molecule has 0 fully saturated rings. The first-order valence-corrected chi connectivity index (χ1v) is 10.5. The first-order valence-electron chi connectivity index (χ1n) is 10.5. The van der Waals surface area contributed by atoms with E-state index in [-0.39, 0.29) is 11.3 Å². The van der Waals surface area contributed by atoms with E-state index in [2.05, 4.69) is 35.3 Å². The van der Waals surface area contributed by atoms with Crippen LogP contribution in [0.5, 0.6) is 5.75 Å². The molecule has 5 heteroatoms. The summed E-state index contributed by atoms with van der Waals surface area (Å²) in [5, 5.41) is 1.11. The van der Waals surface area contributed by atoms with Crippen molar-refractivity contribution in [3.63, 3.8) is 0 Å². The highest BCUT2D eigenvalue weighted by Gasteiger charge is 2.30. The van der Waals surface area contributed by atoms with E-state index in [9.17, 15) is 17.6 Å². The third-order valence-electron chi connectivity index (χ3n) is 5.10. The van der Waals surface area contributed by atoms with Gasteiger partial charge in [0, 0.05) is 22.1 Å². The molecule has 0 unspecified atom stereocenters. The zero-order chi connectivity index (χ0) is 24.1. The number of fused-ring (bicyclic) bond motifs is 1. The van der Waals surface area contributed by atoms with E-state index in [0.717, 1.165) is 29.7 Å². The van der Waals surface area contributed by atoms with Gasteiger partial charge in [0.25, 0.3) is 0 Å². The number of hydrogen-bond acceptors (Lipinski definition) is 1. The van der Waals surface area contributed by atoms with Gasteiger partial charge in [-0.15, -0.1) is 13.2 Å². The van der Waals surface area contributed by atoms with Crippen LogP contribution in [0.25, 0.3) is 10.8 Å². The first kappa shape index (κ1) is 23.0. The molecule has 0 heterocycles. The van der Waals surface area contributed by atoms with Gasteiger partial charge < -0.3 is 4.74 Å². The van der Waals surface area contributed by atoms with E-state index < -0.39 is 12.2 Å². The minimum Gasteiger partial charge on any atom is -0.406 e. The Morgan fingerprint density at radius 2 is 1.29 bits per heavy atom. The first-order chi connectivity index (χ1) is 16.3. The lowest BCUT2D eigenvalue weighted by Crippen LogP contribution is -2.16. The van der Waals surface area contributed by atoms with Crippen molar-refractivity contribution in [2.24, 2.45) is 0 Å². The van der Waals surface area contributed by atoms with E-state index in [0.29, 0.717) is 16.3 Å². The van der Waals surface area contributed by atoms with Crippen LogP contribution in [0.4, 0.5) is 17.6 Å². The number of ether oxygens (including phenoxy) is 1. The number of hydrogen-bond donors (Lipinski definition) is 0. The lowest BCUT2D eigenvalue weighted by molar-refractivity contribution is -0.274. The molecular formula is C29H18F4O. The number of alkyl halides is 3. The summed E-state index contributed by atoms with van der Waals surface area (Å²) in [5.41, 5.74) is 3.56. The molecule has 0 bridgehead atoms. The molecule has 4 aromatic carbocycles. The fourth-order valence-electron chi connectivity index (χ4n) is 3.31. The molecule has 0 amide bonds. The molecule has 0 saturated carbocycles. The Morgan fingerprint density at radius 3 is 1.94 bits per heavy atom. The van der Waals surface area contributed by atoms with Crippen molar-refractivity contribution in [1.82, 2.24) is 0 Å². The van der Waals surface area contributed by atoms with Gasteiger partial charge in [0.05, 0.1) is 5.56 Å². The highest BCUT2D eigenvalue weighted by molar-refractivity contribution is 5.86. The van der Waals surface area contributed by atoms with E-state index in [1.54, 1.807) is 24.3 Å². The summed E-state index contributed by atoms with van der Waals surface area (Å²) >= 11 is 0. The average molecular weight is 458 g/mol. The Morgan fingerprint density at radius 1 is 0.706 bits per heavy atom. The molecule has 34 heavy (non-hydrogen) atoms. The quantitative estimate of drug-likeness (QED) is 0.227. The smallest absolute Gasteiger partial charge is 0.406 e. The Hall–Kier alpha value is -4.22. The Kier molecular flexibility index (Phi) is 6.57. The van der Waals surface area contributed by atoms with Gasteiger partial charge in [0.1, 0.15) is 11.6 Å². The van der Waals surface area contributed by atoms with E-state index in [4.69, 9.17) is 0 Å². The van der Waals surface area contributed by atoms with Crippen LogP contribution in [0.2, 0.25) is 0 Å². The molecule has 0 atom stereocenters. The van der Waals surface area contributed by atoms with Crippen LogP contribution in [0, 0.1) is 29.5 Å². The molecule has 168 valence electrons. The van der Waals surface area contributed by atoms with E-state index in [1.165, 1.54) is 17.7 Å². The fraction of sp³-hybridized carbons (Fsp3) is 0.103. The molecule has 4 aromatic rings. The minimum absolute atomic E-state index is 0.193. The molecule has 0 aliphatic carbocycles. The van der Waals surface area contributed by atoms with Crippen molar-refractivity contribution < 1.29 is 22.3 Å². The number of aryl methyl sites for hydroxylation is 1. The summed E-state index contributed by atoms with van der Waals surface area (Å²) in [6.07, 6.45) is -3.79. The fourth-order valence-corrected chi connectivity index (χ4v) is 3.31. The van der Waals surface area contributed by atoms with Gasteiger partial charge in [-0.25, -0.2) is 4.39 Å². The van der Waals surface area contributed by atoms with Crippen molar-refractivity contribution in [3.05, 3.63) is 112 Å². The van der Waals surface area contributed by atoms with E-state index >= 15 is 0 Å². The monoisotopic (exact) mass is 458 g/mol. The third-order valence-corrected chi connectivity index (χ3v) is 5.10. The lowest BCUT2D eigenvalue weighted by atomic mass is 10.0. The van der Waals surface area contributed by atoms with Crippen LogP contribution in [0.1, 0.15) is 34.7 Å². The topological polar surface area (TPSA) is 9.23 Å². The van der Waals surface area contributed by atoms with Gasteiger partial charge in [-0.05, 0) is 72.0 Å². The Labute approximate surface area is 195 Å². The van der Waals surface area contributed by atoms with Crippen LogP contribution in [-0.4, -0.2) is 6.36 Å². The third kappa shape index (κ3) is 5.77. The zero-order valence-corrected chi connectivity index (χ0v) is 18.1. The van der Waals surface area contributed by atoms with Crippen LogP contribution in [0.3, 0.4) is 0 Å². The summed E-state index contributed by atoms with van der Waals surface area (Å²) in [6.45, 7) is 2.10. The maximum atomic E-state index is 15.0. The van der Waals surface area contributed by atoms with Crippen molar-refractivity contribution >= 4 is 10.8 Å². The standard InChI is InChI=1S/C29H18F4O/c1-2-20-3-5-21(6-4-20)7-8-23-12-18-27-25(19-23)15-14-24(28(27)30)13-9-22-10-16-26(17-11-22)34-29(31,32)33/h3-6,10-12,14-19H,2H2,1H3. The molecule has 0 N–H and O–H groups in total. The molecule has 0 aliphatic heterocycles. The maximum Gasteiger partial charge on any atom is 0.573 e. The lowest BCUT2D eigenvalue weighted by Gasteiger charge is -2.08. The summed E-state index contributed by atoms with van der Waals surface area (Å²) < 4.78 is 55.6. The van der Waals surface area contributed by atoms with Crippen LogP contribution >= 0.6 is 0 Å². The summed E-state index contributed by atoms with van der Waals surface area (Å²) in [6, 6.07) is 21.7. The predicted molar refractivity (Wildman–Crippen MR) is 125 cm³/mol. The van der Waals surface area contributed by atoms with Crippen LogP contribution < -0.4 is 4.74 Å². The highest BCUT2D eigenvalue weighted by atomic mass is 19.4. The normalized spacial score (nSPS) is 10.7. The molecule has 0 spiro atoms. The highest BCUT2D eigenvalue weighted by Crippen LogP contribution is 2.24. The average Bonchev–Trinajstić information content (AvgIpc) is 2.82. The summed E-state index contributed by atoms with van der Waals surface area (Å²) in [5.74, 6) is 10.9. The van der Waals surface area contributed by atoms with Crippen molar-refractivity contribution in [2.45, 2.75) is 19.7 Å². The zero-order valence-electron chi connectivity index (χ0n) is 18.1. The van der Waals surface area contributed by atoms with Gasteiger partial charge in [-0.1, -0.05) is 54.9 Å². The largest absolute Gasteiger partial charge is 0.573 e. The van der Waals surface area contributed by atoms with Crippen molar-refractivity contribution in [2.75, 3.05) is 0 Å². The number of halogens is 4. The van der Waals surface area contributed by atoms with Gasteiger partial charge in [0.2, 0.25) is 0 Å². The van der Waals surface area contributed by atoms with Crippen molar-refractivity contribution in [3.8, 4) is 29.4 Å². The van der Waals surface area contributed by atoms with Crippen LogP contribution in [0.15, 0.2) is 78.9 Å². The van der Waals surface area contributed by atoms with Gasteiger partial charge in [-0.3, -0.25) is 0 Å². The van der Waals surface area contributed by atoms with E-state index in [1.807, 2.05) is 30.3 Å². The van der Waals surface area contributed by atoms with Gasteiger partial charge >= 0.3 is 6.36 Å².